The molecule has 0 aliphatic carbocycles. The Labute approximate surface area is 215 Å². The van der Waals surface area contributed by atoms with Crippen LogP contribution in [0, 0.1) is 6.92 Å². The van der Waals surface area contributed by atoms with Gasteiger partial charge in [0.2, 0.25) is 0 Å². The number of aromatic amines is 1. The van der Waals surface area contributed by atoms with Gasteiger partial charge in [0.1, 0.15) is 5.57 Å². The summed E-state index contributed by atoms with van der Waals surface area (Å²) in [5.41, 5.74) is 3.87. The Morgan fingerprint density at radius 2 is 1.62 bits per heavy atom. The minimum Gasteiger partial charge on any atom is -0.294 e. The molecule has 186 valence electrons. The molecule has 1 aliphatic heterocycles. The monoisotopic (exact) mass is 493 g/mol. The summed E-state index contributed by atoms with van der Waals surface area (Å²) in [6, 6.07) is 20.3. The lowest BCUT2D eigenvalue weighted by atomic mass is 10.0. The molecule has 4 aromatic rings. The van der Waals surface area contributed by atoms with Gasteiger partial charge in [-0.25, -0.2) is 9.58 Å². The van der Waals surface area contributed by atoms with Gasteiger partial charge < -0.3 is 0 Å². The fraction of sp³-hybridized carbons (Fsp3) is 0.200. The van der Waals surface area contributed by atoms with Crippen LogP contribution in [0.5, 0.6) is 0 Å². The molecule has 3 heterocycles. The summed E-state index contributed by atoms with van der Waals surface area (Å²) >= 11 is 0. The summed E-state index contributed by atoms with van der Waals surface area (Å²) in [6.07, 6.45) is 5.67. The molecule has 2 amide bonds. The first-order valence-corrected chi connectivity index (χ1v) is 12.5. The van der Waals surface area contributed by atoms with Crippen LogP contribution in [-0.2, 0) is 22.4 Å². The van der Waals surface area contributed by atoms with Crippen LogP contribution in [0.2, 0.25) is 0 Å². The number of carbonyl (C=O) groups is 2. The Balaban J connectivity index is 1.80. The molecular formula is C30H29N4O3+. The van der Waals surface area contributed by atoms with Crippen molar-refractivity contribution in [2.24, 2.45) is 0 Å². The van der Waals surface area contributed by atoms with Gasteiger partial charge in [-0.1, -0.05) is 50.6 Å². The first kappa shape index (κ1) is 24.2. The molecule has 7 nitrogen and oxygen atoms in total. The number of aromatic nitrogens is 3. The van der Waals surface area contributed by atoms with Crippen LogP contribution in [0.4, 0.5) is 5.69 Å². The number of hydrogen-bond donors (Lipinski definition) is 1. The van der Waals surface area contributed by atoms with E-state index in [1.165, 1.54) is 9.58 Å². The zero-order chi connectivity index (χ0) is 26.1. The van der Waals surface area contributed by atoms with Crippen LogP contribution in [-0.4, -0.2) is 21.6 Å². The minimum atomic E-state index is -0.506. The van der Waals surface area contributed by atoms with Gasteiger partial charge in [0.25, 0.3) is 17.2 Å². The summed E-state index contributed by atoms with van der Waals surface area (Å²) in [6.45, 7) is 5.95. The van der Waals surface area contributed by atoms with Gasteiger partial charge in [0.05, 0.1) is 16.9 Å². The number of rotatable bonds is 7. The number of amides is 2. The van der Waals surface area contributed by atoms with E-state index in [1.807, 2.05) is 81.6 Å². The first-order valence-electron chi connectivity index (χ1n) is 12.5. The van der Waals surface area contributed by atoms with Crippen molar-refractivity contribution in [2.45, 2.75) is 40.0 Å². The Bertz CT molecular complexity index is 1590. The highest BCUT2D eigenvalue weighted by molar-refractivity contribution is 6.53. The van der Waals surface area contributed by atoms with E-state index in [-0.39, 0.29) is 22.4 Å². The first-order chi connectivity index (χ1) is 17.9. The molecule has 5 rings (SSSR count). The third-order valence-corrected chi connectivity index (χ3v) is 6.58. The SMILES string of the molecule is CCCc1[nH]n(-c2ccccc2)c(=O)c1C1=C([n+]2cccc(CC)c2)C(=O)N(c2cccc(C)c2)C1=O. The molecule has 0 radical (unpaired) electrons. The van der Waals surface area contributed by atoms with Crippen LogP contribution in [0.3, 0.4) is 0 Å². The van der Waals surface area contributed by atoms with Crippen LogP contribution in [0.25, 0.3) is 17.0 Å². The van der Waals surface area contributed by atoms with E-state index < -0.39 is 11.8 Å². The van der Waals surface area contributed by atoms with E-state index in [4.69, 9.17) is 0 Å². The molecule has 2 aromatic carbocycles. The van der Waals surface area contributed by atoms with Gasteiger partial charge in [0, 0.05) is 17.3 Å². The van der Waals surface area contributed by atoms with E-state index in [1.54, 1.807) is 22.9 Å². The number of para-hydroxylation sites is 1. The number of pyridine rings is 1. The maximum absolute atomic E-state index is 14.1. The standard InChI is InChI=1S/C30H28N4O3/c1-4-11-24-25(29(36)34(31-24)22-14-7-6-8-15-22)26-27(32-17-10-13-21(5-2)19-32)30(37)33(28(26)35)23-16-9-12-20(3)18-23/h6-10,12-19H,4-5,11H2,1-3H3/p+1. The molecule has 0 atom stereocenters. The molecule has 37 heavy (non-hydrogen) atoms. The summed E-state index contributed by atoms with van der Waals surface area (Å²) < 4.78 is 3.13. The molecule has 0 spiro atoms. The third-order valence-electron chi connectivity index (χ3n) is 6.58. The van der Waals surface area contributed by atoms with E-state index in [9.17, 15) is 14.4 Å². The maximum atomic E-state index is 14.1. The summed E-state index contributed by atoms with van der Waals surface area (Å²) in [5, 5.41) is 3.22. The van der Waals surface area contributed by atoms with E-state index in [0.29, 0.717) is 23.5 Å². The lowest BCUT2D eigenvalue weighted by Gasteiger charge is -2.14. The van der Waals surface area contributed by atoms with Gasteiger partial charge in [-0.2, -0.15) is 4.57 Å². The molecular weight excluding hydrogens is 464 g/mol. The molecule has 2 aromatic heterocycles. The number of nitrogens with zero attached hydrogens (tertiary/aromatic N) is 3. The number of benzene rings is 2. The summed E-state index contributed by atoms with van der Waals surface area (Å²) in [7, 11) is 0. The average molecular weight is 494 g/mol. The predicted molar refractivity (Wildman–Crippen MR) is 143 cm³/mol. The number of nitrogens with one attached hydrogen (secondary N) is 1. The molecule has 0 saturated carbocycles. The van der Waals surface area contributed by atoms with E-state index in [2.05, 4.69) is 5.10 Å². The van der Waals surface area contributed by atoms with Gasteiger partial charge in [-0.05, 0) is 55.7 Å². The highest BCUT2D eigenvalue weighted by Gasteiger charge is 2.48. The van der Waals surface area contributed by atoms with Crippen molar-refractivity contribution in [3.63, 3.8) is 0 Å². The van der Waals surface area contributed by atoms with Gasteiger partial charge >= 0.3 is 5.91 Å². The smallest absolute Gasteiger partial charge is 0.294 e. The molecule has 0 bridgehead atoms. The van der Waals surface area contributed by atoms with Crippen molar-refractivity contribution < 1.29 is 14.2 Å². The largest absolute Gasteiger partial charge is 0.331 e. The number of imide groups is 1. The van der Waals surface area contributed by atoms with Crippen molar-refractivity contribution in [1.29, 1.82) is 0 Å². The van der Waals surface area contributed by atoms with Crippen molar-refractivity contribution >= 4 is 28.8 Å². The maximum Gasteiger partial charge on any atom is 0.331 e. The van der Waals surface area contributed by atoms with Gasteiger partial charge in [-0.3, -0.25) is 19.5 Å². The van der Waals surface area contributed by atoms with Gasteiger partial charge in [0.15, 0.2) is 12.4 Å². The van der Waals surface area contributed by atoms with Crippen molar-refractivity contribution in [3.8, 4) is 5.69 Å². The van der Waals surface area contributed by atoms with Crippen LogP contribution >= 0.6 is 0 Å². The zero-order valence-electron chi connectivity index (χ0n) is 21.2. The fourth-order valence-corrected chi connectivity index (χ4v) is 4.79. The van der Waals surface area contributed by atoms with Crippen LogP contribution in [0.1, 0.15) is 42.7 Å². The number of aryl methyl sites for hydroxylation is 3. The zero-order valence-corrected chi connectivity index (χ0v) is 21.2. The molecule has 0 fully saturated rings. The summed E-state index contributed by atoms with van der Waals surface area (Å²) in [5.74, 6) is -0.966. The Morgan fingerprint density at radius 3 is 2.32 bits per heavy atom. The topological polar surface area (TPSA) is 79.1 Å². The second-order valence-corrected chi connectivity index (χ2v) is 9.17. The second kappa shape index (κ2) is 9.85. The van der Waals surface area contributed by atoms with Gasteiger partial charge in [-0.15, -0.1) is 0 Å². The average Bonchev–Trinajstić information content (AvgIpc) is 3.36. The number of hydrogen-bond acceptors (Lipinski definition) is 3. The Kier molecular flexibility index (Phi) is 6.44. The molecule has 1 aliphatic rings. The molecule has 1 N–H and O–H groups in total. The third kappa shape index (κ3) is 4.22. The van der Waals surface area contributed by atoms with Crippen molar-refractivity contribution in [1.82, 2.24) is 9.78 Å². The quantitative estimate of drug-likeness (QED) is 0.309. The second-order valence-electron chi connectivity index (χ2n) is 9.17. The van der Waals surface area contributed by atoms with Crippen molar-refractivity contribution in [3.05, 3.63) is 112 Å². The normalized spacial score (nSPS) is 13.6. The number of carbonyl (C=O) groups excluding carboxylic acids is 2. The Morgan fingerprint density at radius 1 is 0.865 bits per heavy atom. The molecule has 0 saturated heterocycles. The lowest BCUT2D eigenvalue weighted by Crippen LogP contribution is -2.40. The van der Waals surface area contributed by atoms with E-state index in [0.717, 1.165) is 24.0 Å². The number of H-pyrrole nitrogens is 1. The van der Waals surface area contributed by atoms with Crippen LogP contribution < -0.4 is 15.0 Å². The molecule has 0 unspecified atom stereocenters. The van der Waals surface area contributed by atoms with E-state index >= 15 is 0 Å². The number of anilines is 1. The highest BCUT2D eigenvalue weighted by atomic mass is 16.2. The van der Waals surface area contributed by atoms with Crippen molar-refractivity contribution in [2.75, 3.05) is 4.90 Å². The molecule has 7 heteroatoms. The summed E-state index contributed by atoms with van der Waals surface area (Å²) in [4.78, 5) is 43.2. The lowest BCUT2D eigenvalue weighted by molar-refractivity contribution is -0.577. The predicted octanol–water partition coefficient (Wildman–Crippen LogP) is 4.22. The Hall–Kier alpha value is -4.52. The minimum absolute atomic E-state index is 0.115. The highest BCUT2D eigenvalue weighted by Crippen LogP contribution is 2.34. The van der Waals surface area contributed by atoms with Crippen LogP contribution in [0.15, 0.2) is 83.9 Å². The fourth-order valence-electron chi connectivity index (χ4n) is 4.79.